The molecule has 1 aromatic carbocycles. The van der Waals surface area contributed by atoms with Crippen LogP contribution in [0.15, 0.2) is 22.7 Å². The van der Waals surface area contributed by atoms with E-state index in [9.17, 15) is 0 Å². The number of benzene rings is 1. The summed E-state index contributed by atoms with van der Waals surface area (Å²) in [6.07, 6.45) is 4.11. The highest BCUT2D eigenvalue weighted by atomic mass is 79.9. The molecule has 1 unspecified atom stereocenters. The molecule has 4 heteroatoms. The van der Waals surface area contributed by atoms with Crippen molar-refractivity contribution in [2.24, 2.45) is 0 Å². The Hall–Kier alpha value is -0.0900. The lowest BCUT2D eigenvalue weighted by Crippen LogP contribution is -2.36. The minimum absolute atomic E-state index is 0.297. The van der Waals surface area contributed by atoms with Gasteiger partial charge in [-0.05, 0) is 50.6 Å². The second kappa shape index (κ2) is 7.63. The van der Waals surface area contributed by atoms with Crippen LogP contribution in [0, 0.1) is 0 Å². The van der Waals surface area contributed by atoms with Crippen molar-refractivity contribution in [3.63, 3.8) is 0 Å². The van der Waals surface area contributed by atoms with Crippen molar-refractivity contribution in [3.05, 3.63) is 33.3 Å². The Morgan fingerprint density at radius 1 is 1.32 bits per heavy atom. The van der Waals surface area contributed by atoms with E-state index in [1.807, 2.05) is 12.1 Å². The normalized spacial score (nSPS) is 18.5. The number of likely N-dealkylation sites (tertiary alicyclic amines) is 1. The van der Waals surface area contributed by atoms with Crippen molar-refractivity contribution < 1.29 is 0 Å². The van der Waals surface area contributed by atoms with Crippen LogP contribution in [0.2, 0.25) is 5.02 Å². The Labute approximate surface area is 129 Å². The third-order valence-corrected chi connectivity index (χ3v) is 4.58. The summed E-state index contributed by atoms with van der Waals surface area (Å²) in [6.45, 7) is 6.85. The smallest absolute Gasteiger partial charge is 0.0464 e. The van der Waals surface area contributed by atoms with E-state index in [1.165, 1.54) is 37.9 Å². The lowest BCUT2D eigenvalue weighted by Gasteiger charge is -2.27. The minimum Gasteiger partial charge on any atom is -0.309 e. The first kappa shape index (κ1) is 15.3. The van der Waals surface area contributed by atoms with Crippen molar-refractivity contribution in [3.8, 4) is 0 Å². The highest BCUT2D eigenvalue weighted by Gasteiger charge is 2.12. The molecule has 0 radical (unpaired) electrons. The van der Waals surface area contributed by atoms with E-state index in [2.05, 4.69) is 39.1 Å². The number of nitrogens with one attached hydrogen (secondary N) is 1. The lowest BCUT2D eigenvalue weighted by atomic mass is 10.1. The van der Waals surface area contributed by atoms with Gasteiger partial charge < -0.3 is 10.2 Å². The zero-order chi connectivity index (χ0) is 13.7. The van der Waals surface area contributed by atoms with Crippen molar-refractivity contribution in [1.29, 1.82) is 0 Å². The van der Waals surface area contributed by atoms with Crippen LogP contribution < -0.4 is 5.32 Å². The van der Waals surface area contributed by atoms with Crippen LogP contribution in [0.3, 0.4) is 0 Å². The van der Waals surface area contributed by atoms with Gasteiger partial charge in [0.1, 0.15) is 0 Å². The Balaban J connectivity index is 1.78. The van der Waals surface area contributed by atoms with Gasteiger partial charge in [-0.15, -0.1) is 0 Å². The molecule has 0 saturated carbocycles. The highest BCUT2D eigenvalue weighted by Crippen LogP contribution is 2.26. The number of nitrogens with zero attached hydrogens (tertiary/aromatic N) is 1. The van der Waals surface area contributed by atoms with Crippen molar-refractivity contribution in [2.75, 3.05) is 26.2 Å². The topological polar surface area (TPSA) is 15.3 Å². The third-order valence-electron chi connectivity index (χ3n) is 3.76. The number of hydrogen-bond donors (Lipinski definition) is 1. The largest absolute Gasteiger partial charge is 0.309 e. The SMILES string of the molecule is CC(NCCN1CCCCC1)c1ccc(Br)cc1Cl. The molecule has 2 rings (SSSR count). The van der Waals surface area contributed by atoms with Gasteiger partial charge in [-0.1, -0.05) is 40.0 Å². The summed E-state index contributed by atoms with van der Waals surface area (Å²) in [7, 11) is 0. The zero-order valence-electron chi connectivity index (χ0n) is 11.5. The number of piperidine rings is 1. The molecule has 1 heterocycles. The first-order chi connectivity index (χ1) is 9.16. The second-order valence-electron chi connectivity index (χ2n) is 5.24. The molecule has 0 aliphatic carbocycles. The molecule has 1 aliphatic heterocycles. The molecule has 0 bridgehead atoms. The molecule has 1 atom stereocenters. The molecule has 1 N–H and O–H groups in total. The number of rotatable bonds is 5. The molecule has 19 heavy (non-hydrogen) atoms. The predicted octanol–water partition coefficient (Wildman–Crippen LogP) is 4.24. The Bertz CT molecular complexity index is 405. The van der Waals surface area contributed by atoms with E-state index < -0.39 is 0 Å². The summed E-state index contributed by atoms with van der Waals surface area (Å²) in [4.78, 5) is 2.55. The van der Waals surface area contributed by atoms with Crippen LogP contribution in [-0.2, 0) is 0 Å². The maximum atomic E-state index is 6.27. The molecular weight excluding hydrogens is 324 g/mol. The van der Waals surface area contributed by atoms with Gasteiger partial charge in [0.05, 0.1) is 0 Å². The molecule has 0 spiro atoms. The molecule has 1 saturated heterocycles. The van der Waals surface area contributed by atoms with Gasteiger partial charge in [0.15, 0.2) is 0 Å². The number of halogens is 2. The van der Waals surface area contributed by atoms with Crippen LogP contribution in [0.5, 0.6) is 0 Å². The number of hydrogen-bond acceptors (Lipinski definition) is 2. The molecule has 106 valence electrons. The summed E-state index contributed by atoms with van der Waals surface area (Å²) < 4.78 is 1.03. The van der Waals surface area contributed by atoms with Crippen LogP contribution in [0.1, 0.15) is 37.8 Å². The fourth-order valence-electron chi connectivity index (χ4n) is 2.58. The van der Waals surface area contributed by atoms with Crippen molar-refractivity contribution in [1.82, 2.24) is 10.2 Å². The maximum Gasteiger partial charge on any atom is 0.0464 e. The van der Waals surface area contributed by atoms with E-state index in [4.69, 9.17) is 11.6 Å². The molecule has 1 aliphatic rings. The van der Waals surface area contributed by atoms with Crippen molar-refractivity contribution >= 4 is 27.5 Å². The van der Waals surface area contributed by atoms with Gasteiger partial charge in [0, 0.05) is 28.6 Å². The van der Waals surface area contributed by atoms with E-state index in [1.54, 1.807) is 0 Å². The quantitative estimate of drug-likeness (QED) is 0.858. The summed E-state index contributed by atoms with van der Waals surface area (Å²) >= 11 is 9.71. The molecule has 0 amide bonds. The van der Waals surface area contributed by atoms with E-state index >= 15 is 0 Å². The first-order valence-corrected chi connectivity index (χ1v) is 8.24. The van der Waals surface area contributed by atoms with Crippen LogP contribution in [0.4, 0.5) is 0 Å². The first-order valence-electron chi connectivity index (χ1n) is 7.07. The second-order valence-corrected chi connectivity index (χ2v) is 6.57. The van der Waals surface area contributed by atoms with Gasteiger partial charge in [0.2, 0.25) is 0 Å². The third kappa shape index (κ3) is 4.75. The Morgan fingerprint density at radius 3 is 2.74 bits per heavy atom. The highest BCUT2D eigenvalue weighted by molar-refractivity contribution is 9.10. The van der Waals surface area contributed by atoms with Gasteiger partial charge in [-0.2, -0.15) is 0 Å². The summed E-state index contributed by atoms with van der Waals surface area (Å²) in [5, 5.41) is 4.39. The predicted molar refractivity (Wildman–Crippen MR) is 85.9 cm³/mol. The van der Waals surface area contributed by atoms with Crippen LogP contribution >= 0.6 is 27.5 Å². The molecule has 1 aromatic rings. The van der Waals surface area contributed by atoms with Crippen molar-refractivity contribution in [2.45, 2.75) is 32.2 Å². The van der Waals surface area contributed by atoms with Crippen LogP contribution in [-0.4, -0.2) is 31.1 Å². The summed E-state index contributed by atoms with van der Waals surface area (Å²) in [5.74, 6) is 0. The molecule has 1 fully saturated rings. The summed E-state index contributed by atoms with van der Waals surface area (Å²) in [5.41, 5.74) is 1.17. The Morgan fingerprint density at radius 2 is 2.05 bits per heavy atom. The maximum absolute atomic E-state index is 6.27. The lowest BCUT2D eigenvalue weighted by molar-refractivity contribution is 0.227. The van der Waals surface area contributed by atoms with Gasteiger partial charge in [-0.25, -0.2) is 0 Å². The average molecular weight is 346 g/mol. The standard InChI is InChI=1S/C15H22BrClN2/c1-12(14-6-5-13(16)11-15(14)17)18-7-10-19-8-3-2-4-9-19/h5-6,11-12,18H,2-4,7-10H2,1H3. The zero-order valence-corrected chi connectivity index (χ0v) is 13.8. The fraction of sp³-hybridized carbons (Fsp3) is 0.600. The average Bonchev–Trinajstić information content (AvgIpc) is 2.39. The molecule has 0 aromatic heterocycles. The Kier molecular flexibility index (Phi) is 6.14. The molecular formula is C15H22BrClN2. The van der Waals surface area contributed by atoms with E-state index in [0.29, 0.717) is 6.04 Å². The van der Waals surface area contributed by atoms with Crippen LogP contribution in [0.25, 0.3) is 0 Å². The molecule has 2 nitrogen and oxygen atoms in total. The summed E-state index contributed by atoms with van der Waals surface area (Å²) in [6, 6.07) is 6.39. The monoisotopic (exact) mass is 344 g/mol. The van der Waals surface area contributed by atoms with Gasteiger partial charge in [0.25, 0.3) is 0 Å². The van der Waals surface area contributed by atoms with E-state index in [-0.39, 0.29) is 0 Å². The minimum atomic E-state index is 0.297. The van der Waals surface area contributed by atoms with Gasteiger partial charge in [-0.3, -0.25) is 0 Å². The fourth-order valence-corrected chi connectivity index (χ4v) is 3.42. The van der Waals surface area contributed by atoms with Gasteiger partial charge >= 0.3 is 0 Å². The van der Waals surface area contributed by atoms with E-state index in [0.717, 1.165) is 22.6 Å².